The number of aromatic nitrogens is 1. The Labute approximate surface area is 198 Å². The van der Waals surface area contributed by atoms with E-state index in [1.54, 1.807) is 19.1 Å². The van der Waals surface area contributed by atoms with Crippen LogP contribution in [0.2, 0.25) is 0 Å². The number of aliphatic hydroxyl groups is 2. The molecule has 0 aliphatic carbocycles. The SMILES string of the molecule is CC(=C[C@@H](O)C[C@@H](O)CC(=O)O)c1c(C(C)C)nc2c(c1-c1ccc(F)cc1)CS(=O)(=O)CC2. The fraction of sp³-hybridized carbons (Fsp3) is 0.440. The van der Waals surface area contributed by atoms with Crippen LogP contribution in [-0.4, -0.2) is 52.7 Å². The number of rotatable bonds is 8. The quantitative estimate of drug-likeness (QED) is 0.516. The average molecular weight is 492 g/mol. The summed E-state index contributed by atoms with van der Waals surface area (Å²) in [5.74, 6) is -1.78. The van der Waals surface area contributed by atoms with Crippen LogP contribution in [0.3, 0.4) is 0 Å². The molecule has 2 heterocycles. The Hall–Kier alpha value is -2.62. The third-order valence-electron chi connectivity index (χ3n) is 5.87. The summed E-state index contributed by atoms with van der Waals surface area (Å²) in [6, 6.07) is 5.82. The summed E-state index contributed by atoms with van der Waals surface area (Å²) in [7, 11) is -3.33. The number of hydrogen-bond acceptors (Lipinski definition) is 6. The van der Waals surface area contributed by atoms with Gasteiger partial charge >= 0.3 is 5.97 Å². The van der Waals surface area contributed by atoms with Crippen LogP contribution in [-0.2, 0) is 26.8 Å². The van der Waals surface area contributed by atoms with Crippen molar-refractivity contribution in [1.29, 1.82) is 0 Å². The molecule has 2 atom stereocenters. The highest BCUT2D eigenvalue weighted by Gasteiger charge is 2.30. The number of aliphatic hydroxyl groups excluding tert-OH is 2. The van der Waals surface area contributed by atoms with Gasteiger partial charge in [0.25, 0.3) is 0 Å². The van der Waals surface area contributed by atoms with Gasteiger partial charge in [-0.25, -0.2) is 12.8 Å². The van der Waals surface area contributed by atoms with Crippen molar-refractivity contribution in [1.82, 2.24) is 4.98 Å². The first kappa shape index (κ1) is 26.0. The molecule has 184 valence electrons. The van der Waals surface area contributed by atoms with Crippen LogP contribution >= 0.6 is 0 Å². The second-order valence-electron chi connectivity index (χ2n) is 9.08. The summed E-state index contributed by atoms with van der Waals surface area (Å²) in [5, 5.41) is 29.3. The normalized spacial score (nSPS) is 17.3. The predicted octanol–water partition coefficient (Wildman–Crippen LogP) is 3.47. The molecule has 34 heavy (non-hydrogen) atoms. The van der Waals surface area contributed by atoms with E-state index >= 15 is 0 Å². The minimum Gasteiger partial charge on any atom is -0.481 e. The van der Waals surface area contributed by atoms with Gasteiger partial charge in [-0.3, -0.25) is 9.78 Å². The highest BCUT2D eigenvalue weighted by atomic mass is 32.2. The molecule has 1 aromatic carbocycles. The molecule has 0 bridgehead atoms. The second-order valence-corrected chi connectivity index (χ2v) is 11.3. The highest BCUT2D eigenvalue weighted by molar-refractivity contribution is 7.90. The van der Waals surface area contributed by atoms with Gasteiger partial charge < -0.3 is 15.3 Å². The first-order valence-electron chi connectivity index (χ1n) is 11.2. The van der Waals surface area contributed by atoms with Gasteiger partial charge in [-0.05, 0) is 47.2 Å². The number of aliphatic carboxylic acids is 1. The Morgan fingerprint density at radius 3 is 2.44 bits per heavy atom. The fourth-order valence-electron chi connectivity index (χ4n) is 4.35. The lowest BCUT2D eigenvalue weighted by Gasteiger charge is -2.26. The summed E-state index contributed by atoms with van der Waals surface area (Å²) < 4.78 is 38.7. The highest BCUT2D eigenvalue weighted by Crippen LogP contribution is 2.40. The second kappa shape index (κ2) is 10.3. The smallest absolute Gasteiger partial charge is 0.305 e. The van der Waals surface area contributed by atoms with E-state index in [1.807, 2.05) is 13.8 Å². The van der Waals surface area contributed by atoms with Gasteiger partial charge in [0.05, 0.1) is 35.8 Å². The van der Waals surface area contributed by atoms with Crippen molar-refractivity contribution in [2.24, 2.45) is 0 Å². The fourth-order valence-corrected chi connectivity index (χ4v) is 5.75. The molecule has 0 unspecified atom stereocenters. The van der Waals surface area contributed by atoms with Gasteiger partial charge in [-0.2, -0.15) is 0 Å². The molecule has 0 saturated carbocycles. The van der Waals surface area contributed by atoms with Crippen LogP contribution in [0.15, 0.2) is 30.3 Å². The van der Waals surface area contributed by atoms with Gasteiger partial charge in [0.2, 0.25) is 0 Å². The number of nitrogens with zero attached hydrogens (tertiary/aromatic N) is 1. The van der Waals surface area contributed by atoms with Gasteiger partial charge in [0.15, 0.2) is 9.84 Å². The standard InChI is InChI=1S/C25H30FNO6S/c1-14(2)25-23(15(3)10-18(28)11-19(29)12-22(30)31)24(16-4-6-17(26)7-5-16)20-13-34(32,33)9-8-21(20)27-25/h4-7,10,14,18-19,28-29H,8-9,11-13H2,1-3H3,(H,30,31)/t18-,19-/m1/s1. The number of halogens is 1. The van der Waals surface area contributed by atoms with Gasteiger partial charge in [-0.1, -0.05) is 32.1 Å². The zero-order chi connectivity index (χ0) is 25.2. The number of carbonyl (C=O) groups is 1. The van der Waals surface area contributed by atoms with Crippen molar-refractivity contribution in [3.8, 4) is 11.1 Å². The Kier molecular flexibility index (Phi) is 7.90. The van der Waals surface area contributed by atoms with E-state index in [1.165, 1.54) is 18.2 Å². The number of sulfone groups is 1. The van der Waals surface area contributed by atoms with Crippen molar-refractivity contribution in [3.63, 3.8) is 0 Å². The number of carboxylic acids is 1. The van der Waals surface area contributed by atoms with Crippen LogP contribution in [0.5, 0.6) is 0 Å². The maximum absolute atomic E-state index is 13.7. The van der Waals surface area contributed by atoms with Gasteiger partial charge in [0.1, 0.15) is 5.82 Å². The van der Waals surface area contributed by atoms with Crippen molar-refractivity contribution in [3.05, 3.63) is 58.7 Å². The van der Waals surface area contributed by atoms with Crippen LogP contribution in [0.25, 0.3) is 16.7 Å². The largest absolute Gasteiger partial charge is 0.481 e. The number of allylic oxidation sites excluding steroid dienone is 1. The van der Waals surface area contributed by atoms with Crippen LogP contribution < -0.4 is 0 Å². The molecule has 1 aliphatic heterocycles. The molecule has 0 spiro atoms. The minimum absolute atomic E-state index is 0.0156. The van der Waals surface area contributed by atoms with Crippen molar-refractivity contribution in [2.45, 2.75) is 63.9 Å². The molecule has 3 rings (SSSR count). The molecule has 3 N–H and O–H groups in total. The van der Waals surface area contributed by atoms with Crippen LogP contribution in [0, 0.1) is 5.82 Å². The number of carboxylic acid groups (broad SMARTS) is 1. The Bertz CT molecular complexity index is 1200. The Balaban J connectivity index is 2.22. The molecule has 0 saturated heterocycles. The molecule has 1 aliphatic rings. The topological polar surface area (TPSA) is 125 Å². The van der Waals surface area contributed by atoms with E-state index in [4.69, 9.17) is 10.1 Å². The van der Waals surface area contributed by atoms with E-state index in [0.717, 1.165) is 5.69 Å². The van der Waals surface area contributed by atoms with Crippen LogP contribution in [0.4, 0.5) is 4.39 Å². The maximum atomic E-state index is 13.7. The molecular formula is C25H30FNO6S. The summed E-state index contributed by atoms with van der Waals surface area (Å²) in [6.07, 6.45) is -1.19. The van der Waals surface area contributed by atoms with E-state index < -0.39 is 40.3 Å². The van der Waals surface area contributed by atoms with Crippen molar-refractivity contribution < 1.29 is 32.9 Å². The molecule has 7 nitrogen and oxygen atoms in total. The van der Waals surface area contributed by atoms with E-state index in [9.17, 15) is 27.8 Å². The maximum Gasteiger partial charge on any atom is 0.305 e. The number of aryl methyl sites for hydroxylation is 1. The molecule has 9 heteroatoms. The molecular weight excluding hydrogens is 461 g/mol. The third kappa shape index (κ3) is 6.08. The molecule has 0 fully saturated rings. The number of benzene rings is 1. The number of hydrogen-bond donors (Lipinski definition) is 3. The molecule has 0 amide bonds. The van der Waals surface area contributed by atoms with Crippen LogP contribution in [0.1, 0.15) is 62.0 Å². The summed E-state index contributed by atoms with van der Waals surface area (Å²) in [5.41, 5.74) is 4.55. The lowest BCUT2D eigenvalue weighted by atomic mass is 9.85. The van der Waals surface area contributed by atoms with Crippen molar-refractivity contribution in [2.75, 3.05) is 5.75 Å². The lowest BCUT2D eigenvalue weighted by molar-refractivity contribution is -0.139. The summed E-state index contributed by atoms with van der Waals surface area (Å²) in [4.78, 5) is 15.7. The van der Waals surface area contributed by atoms with E-state index in [-0.39, 0.29) is 23.8 Å². The lowest BCUT2D eigenvalue weighted by Crippen LogP contribution is -2.23. The third-order valence-corrected chi connectivity index (χ3v) is 7.42. The molecule has 0 radical (unpaired) electrons. The summed E-state index contributed by atoms with van der Waals surface area (Å²) >= 11 is 0. The van der Waals surface area contributed by atoms with Gasteiger partial charge in [0, 0.05) is 24.1 Å². The number of fused-ring (bicyclic) bond motifs is 1. The molecule has 1 aromatic heterocycles. The van der Waals surface area contributed by atoms with Gasteiger partial charge in [-0.15, -0.1) is 0 Å². The monoisotopic (exact) mass is 491 g/mol. The van der Waals surface area contributed by atoms with E-state index in [0.29, 0.717) is 39.9 Å². The zero-order valence-corrected chi connectivity index (χ0v) is 20.3. The zero-order valence-electron chi connectivity index (χ0n) is 19.5. The Morgan fingerprint density at radius 2 is 1.85 bits per heavy atom. The van der Waals surface area contributed by atoms with E-state index in [2.05, 4.69) is 0 Å². The summed E-state index contributed by atoms with van der Waals surface area (Å²) in [6.45, 7) is 5.69. The minimum atomic E-state index is -3.33. The first-order chi connectivity index (χ1) is 15.9. The van der Waals surface area contributed by atoms with Crippen molar-refractivity contribution >= 4 is 21.4 Å². The molecule has 2 aromatic rings. The number of pyridine rings is 1. The average Bonchev–Trinajstić information content (AvgIpc) is 2.71. The predicted molar refractivity (Wildman–Crippen MR) is 127 cm³/mol. The first-order valence-corrected chi connectivity index (χ1v) is 13.0. The Morgan fingerprint density at radius 1 is 1.21 bits per heavy atom.